The molecule has 1 N–H and O–H groups in total. The fraction of sp³-hybridized carbons (Fsp3) is 0.647. The molecule has 2 aliphatic rings. The van der Waals surface area contributed by atoms with Crippen LogP contribution in [0.1, 0.15) is 45.4 Å². The topological polar surface area (TPSA) is 15.3 Å². The van der Waals surface area contributed by atoms with Crippen LogP contribution < -0.4 is 10.2 Å². The van der Waals surface area contributed by atoms with E-state index in [4.69, 9.17) is 11.6 Å². The molecule has 1 spiro atoms. The molecule has 2 fully saturated rings. The number of halogens is 2. The second-order valence-corrected chi connectivity index (χ2v) is 6.98. The summed E-state index contributed by atoms with van der Waals surface area (Å²) in [6, 6.07) is 5.31. The van der Waals surface area contributed by atoms with Crippen molar-refractivity contribution in [2.75, 3.05) is 18.0 Å². The Morgan fingerprint density at radius 1 is 1.29 bits per heavy atom. The molecule has 1 saturated heterocycles. The molecule has 1 heterocycles. The number of benzene rings is 1. The van der Waals surface area contributed by atoms with E-state index in [-0.39, 0.29) is 11.4 Å². The molecule has 1 atom stereocenters. The van der Waals surface area contributed by atoms with Crippen molar-refractivity contribution in [1.29, 1.82) is 0 Å². The Morgan fingerprint density at radius 2 is 2.05 bits per heavy atom. The quantitative estimate of drug-likeness (QED) is 0.872. The molecule has 4 heteroatoms. The first kappa shape index (κ1) is 15.1. The Hall–Kier alpha value is -0.800. The smallest absolute Gasteiger partial charge is 0.126 e. The molecule has 1 aromatic rings. The van der Waals surface area contributed by atoms with E-state index in [1.807, 2.05) is 6.07 Å². The van der Waals surface area contributed by atoms with Crippen LogP contribution in [0.25, 0.3) is 0 Å². The van der Waals surface area contributed by atoms with Gasteiger partial charge in [-0.3, -0.25) is 0 Å². The minimum Gasteiger partial charge on any atom is -0.365 e. The first-order chi connectivity index (χ1) is 10.1. The van der Waals surface area contributed by atoms with Gasteiger partial charge in [0.25, 0.3) is 0 Å². The highest BCUT2D eigenvalue weighted by Crippen LogP contribution is 2.35. The van der Waals surface area contributed by atoms with Crippen molar-refractivity contribution in [3.05, 3.63) is 29.0 Å². The van der Waals surface area contributed by atoms with Crippen molar-refractivity contribution in [1.82, 2.24) is 5.32 Å². The molecular formula is C17H24ClFN2. The van der Waals surface area contributed by atoms with Gasteiger partial charge in [-0.25, -0.2) is 4.39 Å². The molecule has 1 saturated carbocycles. The number of nitrogens with one attached hydrogen (secondary N) is 1. The summed E-state index contributed by atoms with van der Waals surface area (Å²) in [5.41, 5.74) is 1.14. The molecule has 0 aromatic heterocycles. The molecule has 1 aliphatic heterocycles. The lowest BCUT2D eigenvalue weighted by molar-refractivity contribution is 0.196. The van der Waals surface area contributed by atoms with Crippen molar-refractivity contribution >= 4 is 17.3 Å². The van der Waals surface area contributed by atoms with Gasteiger partial charge in [0.1, 0.15) is 5.82 Å². The summed E-state index contributed by atoms with van der Waals surface area (Å²) < 4.78 is 13.7. The predicted molar refractivity (Wildman–Crippen MR) is 86.7 cm³/mol. The van der Waals surface area contributed by atoms with Gasteiger partial charge in [0, 0.05) is 35.4 Å². The molecule has 3 rings (SSSR count). The first-order valence-corrected chi connectivity index (χ1v) is 8.47. The fourth-order valence-electron chi connectivity index (χ4n) is 3.89. The normalized spacial score (nSPS) is 25.3. The lowest BCUT2D eigenvalue weighted by Crippen LogP contribution is -2.65. The van der Waals surface area contributed by atoms with Crippen LogP contribution in [0.15, 0.2) is 18.2 Å². The summed E-state index contributed by atoms with van der Waals surface area (Å²) in [5.74, 6) is -0.247. The summed E-state index contributed by atoms with van der Waals surface area (Å²) in [4.78, 5) is 2.37. The lowest BCUT2D eigenvalue weighted by atomic mass is 9.79. The number of nitrogens with zero attached hydrogens (tertiary/aromatic N) is 1. The second kappa shape index (κ2) is 6.13. The van der Waals surface area contributed by atoms with E-state index in [2.05, 4.69) is 17.1 Å². The summed E-state index contributed by atoms with van der Waals surface area (Å²) in [7, 11) is 0. The number of hydrogen-bond donors (Lipinski definition) is 1. The van der Waals surface area contributed by atoms with Gasteiger partial charge in [-0.15, -0.1) is 0 Å². The van der Waals surface area contributed by atoms with E-state index in [9.17, 15) is 4.39 Å². The maximum absolute atomic E-state index is 13.7. The van der Waals surface area contributed by atoms with Crippen LogP contribution in [-0.2, 0) is 0 Å². The Kier molecular flexibility index (Phi) is 4.41. The van der Waals surface area contributed by atoms with Crippen molar-refractivity contribution in [3.8, 4) is 0 Å². The molecule has 0 bridgehead atoms. The molecule has 1 aromatic carbocycles. The molecule has 0 radical (unpaired) electrons. The molecule has 0 amide bonds. The summed E-state index contributed by atoms with van der Waals surface area (Å²) in [6.45, 7) is 4.13. The van der Waals surface area contributed by atoms with Crippen LogP contribution in [0.3, 0.4) is 0 Å². The van der Waals surface area contributed by atoms with Gasteiger partial charge in [0.2, 0.25) is 0 Å². The van der Waals surface area contributed by atoms with Crippen molar-refractivity contribution in [2.45, 2.75) is 57.0 Å². The van der Waals surface area contributed by atoms with E-state index in [0.717, 1.165) is 25.2 Å². The predicted octanol–water partition coefficient (Wildman–Crippen LogP) is 4.37. The number of rotatable bonds is 2. The highest BCUT2D eigenvalue weighted by Gasteiger charge is 2.39. The number of anilines is 1. The van der Waals surface area contributed by atoms with Gasteiger partial charge in [-0.05, 0) is 37.5 Å². The van der Waals surface area contributed by atoms with Gasteiger partial charge in [-0.2, -0.15) is 0 Å². The molecule has 21 heavy (non-hydrogen) atoms. The Morgan fingerprint density at radius 3 is 2.71 bits per heavy atom. The summed E-state index contributed by atoms with van der Waals surface area (Å²) >= 11 is 6.06. The number of piperazine rings is 1. The standard InChI is InChI=1S/C17H24ClFN2/c1-2-15-11-20-17(6-4-3-5-7-17)12-21(15)16-9-13(18)8-14(19)10-16/h8-10,15,20H,2-7,11-12H2,1H3. The zero-order valence-corrected chi connectivity index (χ0v) is 13.4. The zero-order chi connectivity index (χ0) is 14.9. The molecule has 1 unspecified atom stereocenters. The van der Waals surface area contributed by atoms with Gasteiger partial charge >= 0.3 is 0 Å². The molecule has 2 nitrogen and oxygen atoms in total. The van der Waals surface area contributed by atoms with Crippen LogP contribution in [0.4, 0.5) is 10.1 Å². The third-order valence-corrected chi connectivity index (χ3v) is 5.31. The van der Waals surface area contributed by atoms with E-state index in [1.54, 1.807) is 6.07 Å². The van der Waals surface area contributed by atoms with Crippen LogP contribution >= 0.6 is 11.6 Å². The van der Waals surface area contributed by atoms with Crippen LogP contribution in [0, 0.1) is 5.82 Å². The maximum Gasteiger partial charge on any atom is 0.126 e. The Balaban J connectivity index is 1.88. The Labute approximate surface area is 131 Å². The summed E-state index contributed by atoms with van der Waals surface area (Å²) in [6.07, 6.45) is 7.43. The Bertz CT molecular complexity index is 479. The van der Waals surface area contributed by atoms with Crippen LogP contribution in [0.2, 0.25) is 5.02 Å². The van der Waals surface area contributed by atoms with Crippen LogP contribution in [0.5, 0.6) is 0 Å². The average molecular weight is 311 g/mol. The maximum atomic E-state index is 13.7. The lowest BCUT2D eigenvalue weighted by Gasteiger charge is -2.50. The van der Waals surface area contributed by atoms with Crippen molar-refractivity contribution in [2.24, 2.45) is 0 Å². The monoisotopic (exact) mass is 310 g/mol. The van der Waals surface area contributed by atoms with E-state index >= 15 is 0 Å². The van der Waals surface area contributed by atoms with E-state index in [1.165, 1.54) is 38.2 Å². The van der Waals surface area contributed by atoms with Gasteiger partial charge < -0.3 is 10.2 Å². The molecule has 1 aliphatic carbocycles. The highest BCUT2D eigenvalue weighted by molar-refractivity contribution is 6.30. The van der Waals surface area contributed by atoms with E-state index < -0.39 is 0 Å². The van der Waals surface area contributed by atoms with Gasteiger partial charge in [0.15, 0.2) is 0 Å². The molecular weight excluding hydrogens is 287 g/mol. The summed E-state index contributed by atoms with van der Waals surface area (Å²) in [5, 5.41) is 4.28. The minimum absolute atomic E-state index is 0.211. The van der Waals surface area contributed by atoms with Gasteiger partial charge in [0.05, 0.1) is 0 Å². The zero-order valence-electron chi connectivity index (χ0n) is 12.7. The van der Waals surface area contributed by atoms with Crippen molar-refractivity contribution < 1.29 is 4.39 Å². The fourth-order valence-corrected chi connectivity index (χ4v) is 4.11. The average Bonchev–Trinajstić information content (AvgIpc) is 2.47. The van der Waals surface area contributed by atoms with E-state index in [0.29, 0.717) is 11.1 Å². The van der Waals surface area contributed by atoms with Crippen molar-refractivity contribution in [3.63, 3.8) is 0 Å². The van der Waals surface area contributed by atoms with Gasteiger partial charge in [-0.1, -0.05) is 37.8 Å². The third kappa shape index (κ3) is 3.19. The molecule has 116 valence electrons. The second-order valence-electron chi connectivity index (χ2n) is 6.54. The third-order valence-electron chi connectivity index (χ3n) is 5.09. The SMILES string of the molecule is CCC1CNC2(CCCCC2)CN1c1cc(F)cc(Cl)c1. The highest BCUT2D eigenvalue weighted by atomic mass is 35.5. The number of hydrogen-bond acceptors (Lipinski definition) is 2. The first-order valence-electron chi connectivity index (χ1n) is 8.10. The minimum atomic E-state index is -0.247. The largest absolute Gasteiger partial charge is 0.365 e. The van der Waals surface area contributed by atoms with Crippen LogP contribution in [-0.4, -0.2) is 24.7 Å².